The summed E-state index contributed by atoms with van der Waals surface area (Å²) in [5.74, 6) is -0.696. The van der Waals surface area contributed by atoms with Gasteiger partial charge in [0.1, 0.15) is 5.82 Å². The molecule has 0 aliphatic rings. The summed E-state index contributed by atoms with van der Waals surface area (Å²) in [5.41, 5.74) is 0.145. The van der Waals surface area contributed by atoms with Gasteiger partial charge in [-0.3, -0.25) is 4.72 Å². The Kier molecular flexibility index (Phi) is 4.05. The largest absolute Gasteiger partial charge is 0.467 e. The zero-order valence-electron chi connectivity index (χ0n) is 10.2. The maximum atomic E-state index is 13.0. The third-order valence-corrected chi connectivity index (χ3v) is 3.93. The van der Waals surface area contributed by atoms with Crippen molar-refractivity contribution in [3.63, 3.8) is 0 Å². The molecular weight excluding hydrogens is 309 g/mol. The number of aromatic nitrogens is 2. The zero-order valence-corrected chi connectivity index (χ0v) is 11.7. The number of nitrogens with one attached hydrogen (secondary N) is 1. The lowest BCUT2D eigenvalue weighted by Gasteiger charge is -2.08. The monoisotopic (exact) mass is 317 g/mol. The van der Waals surface area contributed by atoms with Crippen LogP contribution < -0.4 is 9.46 Å². The first-order chi connectivity index (χ1) is 9.42. The van der Waals surface area contributed by atoms with Gasteiger partial charge in [0.15, 0.2) is 0 Å². The lowest BCUT2D eigenvalue weighted by Crippen LogP contribution is -2.13. The summed E-state index contributed by atoms with van der Waals surface area (Å²) in [6, 6.07) is 3.21. The smallest absolute Gasteiger partial charge is 0.316 e. The van der Waals surface area contributed by atoms with Gasteiger partial charge in [0.25, 0.3) is 10.0 Å². The molecule has 6 nitrogen and oxygen atoms in total. The third kappa shape index (κ3) is 3.14. The maximum absolute atomic E-state index is 13.0. The summed E-state index contributed by atoms with van der Waals surface area (Å²) in [7, 11) is -2.51. The molecular formula is C11H9ClFN3O3S. The highest BCUT2D eigenvalue weighted by molar-refractivity contribution is 7.92. The van der Waals surface area contributed by atoms with Gasteiger partial charge in [-0.05, 0) is 18.2 Å². The van der Waals surface area contributed by atoms with E-state index in [1.165, 1.54) is 19.5 Å². The molecule has 0 aliphatic carbocycles. The van der Waals surface area contributed by atoms with Gasteiger partial charge in [-0.2, -0.15) is 0 Å². The van der Waals surface area contributed by atoms with E-state index in [0.29, 0.717) is 0 Å². The average molecular weight is 318 g/mol. The minimum atomic E-state index is -3.89. The third-order valence-electron chi connectivity index (χ3n) is 2.26. The molecule has 1 N–H and O–H groups in total. The summed E-state index contributed by atoms with van der Waals surface area (Å²) in [6.45, 7) is 0. The van der Waals surface area contributed by atoms with Crippen molar-refractivity contribution < 1.29 is 17.5 Å². The van der Waals surface area contributed by atoms with Crippen LogP contribution in [0, 0.1) is 5.82 Å². The fourth-order valence-electron chi connectivity index (χ4n) is 1.33. The van der Waals surface area contributed by atoms with E-state index in [1.807, 2.05) is 0 Å². The second kappa shape index (κ2) is 5.59. The van der Waals surface area contributed by atoms with Crippen LogP contribution in [-0.2, 0) is 10.0 Å². The lowest BCUT2D eigenvalue weighted by atomic mass is 10.3. The number of sulfonamides is 1. The molecule has 0 aliphatic heterocycles. The minimum Gasteiger partial charge on any atom is -0.467 e. The number of halogens is 2. The Bertz CT molecular complexity index is 722. The van der Waals surface area contributed by atoms with Crippen molar-refractivity contribution in [2.45, 2.75) is 4.90 Å². The summed E-state index contributed by atoms with van der Waals surface area (Å²) in [4.78, 5) is 7.35. The predicted octanol–water partition coefficient (Wildman–Crippen LogP) is 2.08. The number of benzene rings is 1. The first kappa shape index (κ1) is 14.5. The van der Waals surface area contributed by atoms with Crippen LogP contribution in [0.2, 0.25) is 5.02 Å². The first-order valence-corrected chi connectivity index (χ1v) is 7.12. The Labute approximate surface area is 119 Å². The van der Waals surface area contributed by atoms with Crippen molar-refractivity contribution >= 4 is 27.3 Å². The summed E-state index contributed by atoms with van der Waals surface area (Å²) in [5, 5.41) is -0.279. The van der Waals surface area contributed by atoms with Gasteiger partial charge in [-0.15, -0.1) is 0 Å². The Morgan fingerprint density at radius 2 is 1.95 bits per heavy atom. The normalized spacial score (nSPS) is 11.2. The van der Waals surface area contributed by atoms with E-state index < -0.39 is 15.8 Å². The number of hydrogen-bond acceptors (Lipinski definition) is 5. The van der Waals surface area contributed by atoms with Crippen molar-refractivity contribution in [2.24, 2.45) is 0 Å². The van der Waals surface area contributed by atoms with Crippen LogP contribution in [-0.4, -0.2) is 25.5 Å². The maximum Gasteiger partial charge on any atom is 0.316 e. The Morgan fingerprint density at radius 1 is 1.30 bits per heavy atom. The molecule has 106 valence electrons. The average Bonchev–Trinajstić information content (AvgIpc) is 2.42. The van der Waals surface area contributed by atoms with Crippen LogP contribution in [0.15, 0.2) is 35.5 Å². The van der Waals surface area contributed by atoms with Crippen LogP contribution >= 0.6 is 11.6 Å². The van der Waals surface area contributed by atoms with E-state index in [4.69, 9.17) is 16.3 Å². The van der Waals surface area contributed by atoms with Crippen molar-refractivity contribution in [1.82, 2.24) is 9.97 Å². The predicted molar refractivity (Wildman–Crippen MR) is 70.8 cm³/mol. The number of rotatable bonds is 4. The molecule has 20 heavy (non-hydrogen) atoms. The van der Waals surface area contributed by atoms with E-state index in [1.54, 1.807) is 0 Å². The van der Waals surface area contributed by atoms with Crippen molar-refractivity contribution in [3.05, 3.63) is 41.4 Å². The van der Waals surface area contributed by atoms with E-state index in [0.717, 1.165) is 18.2 Å². The molecule has 2 aromatic rings. The van der Waals surface area contributed by atoms with Gasteiger partial charge >= 0.3 is 6.01 Å². The Hall–Kier alpha value is -1.93. The van der Waals surface area contributed by atoms with Gasteiger partial charge in [-0.25, -0.2) is 22.8 Å². The molecule has 1 heterocycles. The molecule has 0 radical (unpaired) electrons. The molecule has 0 fully saturated rings. The number of methoxy groups -OCH3 is 1. The van der Waals surface area contributed by atoms with E-state index in [-0.39, 0.29) is 21.6 Å². The van der Waals surface area contributed by atoms with Gasteiger partial charge in [-0.1, -0.05) is 11.6 Å². The molecule has 0 atom stereocenters. The highest BCUT2D eigenvalue weighted by Gasteiger charge is 2.16. The van der Waals surface area contributed by atoms with Crippen LogP contribution in [0.5, 0.6) is 6.01 Å². The number of ether oxygens (including phenoxy) is 1. The Morgan fingerprint density at radius 3 is 2.50 bits per heavy atom. The van der Waals surface area contributed by atoms with Crippen LogP contribution in [0.1, 0.15) is 0 Å². The van der Waals surface area contributed by atoms with E-state index in [2.05, 4.69) is 14.7 Å². The molecule has 0 amide bonds. The number of nitrogens with zero attached hydrogens (tertiary/aromatic N) is 2. The van der Waals surface area contributed by atoms with Gasteiger partial charge < -0.3 is 4.74 Å². The lowest BCUT2D eigenvalue weighted by molar-refractivity contribution is 0.380. The van der Waals surface area contributed by atoms with Crippen molar-refractivity contribution in [1.29, 1.82) is 0 Å². The second-order valence-electron chi connectivity index (χ2n) is 3.64. The SMILES string of the molecule is COc1ncc(NS(=O)(=O)c2ccc(F)c(Cl)c2)cn1. The van der Waals surface area contributed by atoms with Gasteiger partial charge in [0.05, 0.1) is 35.1 Å². The van der Waals surface area contributed by atoms with Gasteiger partial charge in [0, 0.05) is 0 Å². The molecule has 0 saturated heterocycles. The van der Waals surface area contributed by atoms with Gasteiger partial charge in [0.2, 0.25) is 0 Å². The molecule has 9 heteroatoms. The number of anilines is 1. The van der Waals surface area contributed by atoms with E-state index in [9.17, 15) is 12.8 Å². The van der Waals surface area contributed by atoms with E-state index >= 15 is 0 Å². The van der Waals surface area contributed by atoms with Crippen LogP contribution in [0.3, 0.4) is 0 Å². The first-order valence-electron chi connectivity index (χ1n) is 5.26. The van der Waals surface area contributed by atoms with Crippen molar-refractivity contribution in [2.75, 3.05) is 11.8 Å². The molecule has 0 spiro atoms. The second-order valence-corrected chi connectivity index (χ2v) is 5.73. The molecule has 0 bridgehead atoms. The topological polar surface area (TPSA) is 81.2 Å². The minimum absolute atomic E-state index is 0.109. The quantitative estimate of drug-likeness (QED) is 0.933. The van der Waals surface area contributed by atoms with Crippen LogP contribution in [0.25, 0.3) is 0 Å². The molecule has 2 rings (SSSR count). The molecule has 0 saturated carbocycles. The molecule has 1 aromatic heterocycles. The van der Waals surface area contributed by atoms with Crippen molar-refractivity contribution in [3.8, 4) is 6.01 Å². The fraction of sp³-hybridized carbons (Fsp3) is 0.0909. The molecule has 1 aromatic carbocycles. The highest BCUT2D eigenvalue weighted by atomic mass is 35.5. The standard InChI is InChI=1S/C11H9ClFN3O3S/c1-19-11-14-5-7(6-15-11)16-20(17,18)8-2-3-10(13)9(12)4-8/h2-6,16H,1H3. The fourth-order valence-corrected chi connectivity index (χ4v) is 2.63. The summed E-state index contributed by atoms with van der Waals surface area (Å²) in [6.07, 6.45) is 2.49. The summed E-state index contributed by atoms with van der Waals surface area (Å²) >= 11 is 5.55. The Balaban J connectivity index is 2.27. The highest BCUT2D eigenvalue weighted by Crippen LogP contribution is 2.21. The zero-order chi connectivity index (χ0) is 14.8. The van der Waals surface area contributed by atoms with Crippen LogP contribution in [0.4, 0.5) is 10.1 Å². The molecule has 0 unspecified atom stereocenters. The summed E-state index contributed by atoms with van der Waals surface area (Å²) < 4.78 is 44.1. The number of hydrogen-bond donors (Lipinski definition) is 1.